The molecule has 0 saturated heterocycles. The highest BCUT2D eigenvalue weighted by atomic mass is 16.3. The topological polar surface area (TPSA) is 87.4 Å². The first-order chi connectivity index (χ1) is 8.42. The smallest absolute Gasteiger partial charge is 0.252 e. The summed E-state index contributed by atoms with van der Waals surface area (Å²) in [6, 6.07) is -0.427. The molecule has 2 rings (SSSR count). The zero-order valence-electron chi connectivity index (χ0n) is 10.7. The van der Waals surface area contributed by atoms with Crippen molar-refractivity contribution < 1.29 is 15.0 Å². The predicted molar refractivity (Wildman–Crippen MR) is 64.8 cm³/mol. The van der Waals surface area contributed by atoms with Crippen LogP contribution in [-0.2, 0) is 11.8 Å². The van der Waals surface area contributed by atoms with Crippen molar-refractivity contribution in [3.8, 4) is 5.75 Å². The van der Waals surface area contributed by atoms with Crippen molar-refractivity contribution in [2.45, 2.75) is 44.2 Å². The van der Waals surface area contributed by atoms with E-state index in [2.05, 4.69) is 10.4 Å². The number of hydrogen-bond acceptors (Lipinski definition) is 4. The van der Waals surface area contributed by atoms with E-state index in [1.165, 1.54) is 10.9 Å². The van der Waals surface area contributed by atoms with Crippen LogP contribution in [0.25, 0.3) is 0 Å². The average Bonchev–Trinajstić information content (AvgIpc) is 2.86. The third kappa shape index (κ3) is 2.33. The van der Waals surface area contributed by atoms with Gasteiger partial charge in [-0.05, 0) is 32.6 Å². The second kappa shape index (κ2) is 4.61. The van der Waals surface area contributed by atoms with Crippen LogP contribution in [0.3, 0.4) is 0 Å². The van der Waals surface area contributed by atoms with Crippen molar-refractivity contribution in [2.75, 3.05) is 0 Å². The van der Waals surface area contributed by atoms with E-state index in [4.69, 9.17) is 0 Å². The molecule has 100 valence electrons. The van der Waals surface area contributed by atoms with Gasteiger partial charge < -0.3 is 15.5 Å². The number of carbonyl (C=O) groups excluding carboxylic acids is 1. The van der Waals surface area contributed by atoms with Crippen LogP contribution in [-0.4, -0.2) is 31.5 Å². The van der Waals surface area contributed by atoms with Gasteiger partial charge in [-0.1, -0.05) is 0 Å². The van der Waals surface area contributed by atoms with Gasteiger partial charge in [-0.25, -0.2) is 0 Å². The summed E-state index contributed by atoms with van der Waals surface area (Å²) >= 11 is 0. The first-order valence-electron chi connectivity index (χ1n) is 6.18. The van der Waals surface area contributed by atoms with Crippen LogP contribution in [0.2, 0.25) is 0 Å². The maximum Gasteiger partial charge on any atom is 0.252 e. The van der Waals surface area contributed by atoms with E-state index in [0.29, 0.717) is 18.5 Å². The molecule has 0 spiro atoms. The van der Waals surface area contributed by atoms with E-state index in [-0.39, 0.29) is 11.7 Å². The summed E-state index contributed by atoms with van der Waals surface area (Å²) < 4.78 is 1.48. The van der Waals surface area contributed by atoms with E-state index in [1.807, 2.05) is 0 Å². The van der Waals surface area contributed by atoms with Crippen molar-refractivity contribution in [1.82, 2.24) is 15.1 Å². The maximum absolute atomic E-state index is 12.0. The van der Waals surface area contributed by atoms with Crippen molar-refractivity contribution in [2.24, 2.45) is 7.05 Å². The van der Waals surface area contributed by atoms with Crippen LogP contribution >= 0.6 is 0 Å². The lowest BCUT2D eigenvalue weighted by atomic mass is 10.0. The monoisotopic (exact) mass is 253 g/mol. The van der Waals surface area contributed by atoms with Gasteiger partial charge in [0.05, 0.1) is 12.2 Å². The zero-order valence-corrected chi connectivity index (χ0v) is 10.7. The Morgan fingerprint density at radius 3 is 2.67 bits per heavy atom. The second-order valence-corrected chi connectivity index (χ2v) is 5.01. The number of aromatic nitrogens is 2. The largest absolute Gasteiger partial charge is 0.504 e. The van der Waals surface area contributed by atoms with Gasteiger partial charge in [0.25, 0.3) is 5.91 Å². The summed E-state index contributed by atoms with van der Waals surface area (Å²) in [6.07, 6.45) is 4.21. The quantitative estimate of drug-likeness (QED) is 0.736. The SMILES string of the molecule is CC(NC(=O)C1(O)CCCC1)c1nn(C)cc1O. The van der Waals surface area contributed by atoms with E-state index in [1.54, 1.807) is 14.0 Å². The first-order valence-corrected chi connectivity index (χ1v) is 6.18. The highest BCUT2D eigenvalue weighted by Gasteiger charge is 2.39. The van der Waals surface area contributed by atoms with Gasteiger partial charge >= 0.3 is 0 Å². The van der Waals surface area contributed by atoms with Gasteiger partial charge in [-0.2, -0.15) is 5.10 Å². The molecular weight excluding hydrogens is 234 g/mol. The van der Waals surface area contributed by atoms with Crippen molar-refractivity contribution in [3.05, 3.63) is 11.9 Å². The molecule has 1 atom stereocenters. The Balaban J connectivity index is 2.05. The van der Waals surface area contributed by atoms with Gasteiger partial charge in [-0.3, -0.25) is 9.48 Å². The lowest BCUT2D eigenvalue weighted by molar-refractivity contribution is -0.139. The standard InChI is InChI=1S/C12H19N3O3/c1-8(10-9(16)7-15(2)14-10)13-11(17)12(18)5-3-4-6-12/h7-8,16,18H,3-6H2,1-2H3,(H,13,17). The number of aryl methyl sites for hydroxylation is 1. The Morgan fingerprint density at radius 1 is 1.56 bits per heavy atom. The summed E-state index contributed by atoms with van der Waals surface area (Å²) in [7, 11) is 1.70. The van der Waals surface area contributed by atoms with Crippen LogP contribution in [0.4, 0.5) is 0 Å². The van der Waals surface area contributed by atoms with Crippen molar-refractivity contribution in [1.29, 1.82) is 0 Å². The molecule has 1 aliphatic rings. The van der Waals surface area contributed by atoms with Crippen LogP contribution < -0.4 is 5.32 Å². The van der Waals surface area contributed by atoms with Gasteiger partial charge in [0.2, 0.25) is 0 Å². The van der Waals surface area contributed by atoms with Crippen molar-refractivity contribution in [3.63, 3.8) is 0 Å². The van der Waals surface area contributed by atoms with Crippen LogP contribution in [0, 0.1) is 0 Å². The molecule has 1 aromatic rings. The van der Waals surface area contributed by atoms with E-state index in [0.717, 1.165) is 12.8 Å². The predicted octanol–water partition coefficient (Wildman–Crippen LogP) is 0.608. The minimum absolute atomic E-state index is 0.0451. The van der Waals surface area contributed by atoms with Crippen LogP contribution in [0.15, 0.2) is 6.20 Å². The summed E-state index contributed by atoms with van der Waals surface area (Å²) in [6.45, 7) is 1.73. The Bertz CT molecular complexity index is 449. The molecule has 1 unspecified atom stereocenters. The van der Waals surface area contributed by atoms with Crippen LogP contribution in [0.5, 0.6) is 5.75 Å². The molecule has 1 aromatic heterocycles. The fourth-order valence-corrected chi connectivity index (χ4v) is 2.39. The number of nitrogens with one attached hydrogen (secondary N) is 1. The molecule has 1 saturated carbocycles. The average molecular weight is 253 g/mol. The third-order valence-electron chi connectivity index (χ3n) is 3.45. The molecule has 1 heterocycles. The van der Waals surface area contributed by atoms with Gasteiger partial charge in [0.15, 0.2) is 5.75 Å². The highest BCUT2D eigenvalue weighted by molar-refractivity contribution is 5.85. The fourth-order valence-electron chi connectivity index (χ4n) is 2.39. The second-order valence-electron chi connectivity index (χ2n) is 5.01. The molecule has 6 nitrogen and oxygen atoms in total. The number of amides is 1. The van der Waals surface area contributed by atoms with Gasteiger partial charge in [0, 0.05) is 7.05 Å². The minimum atomic E-state index is -1.25. The van der Waals surface area contributed by atoms with Gasteiger partial charge in [0.1, 0.15) is 11.3 Å². The Morgan fingerprint density at radius 2 is 2.17 bits per heavy atom. The highest BCUT2D eigenvalue weighted by Crippen LogP contribution is 2.30. The number of aliphatic hydroxyl groups is 1. The fraction of sp³-hybridized carbons (Fsp3) is 0.667. The molecule has 3 N–H and O–H groups in total. The maximum atomic E-state index is 12.0. The number of aromatic hydroxyl groups is 1. The number of carbonyl (C=O) groups is 1. The summed E-state index contributed by atoms with van der Waals surface area (Å²) in [4.78, 5) is 12.0. The summed E-state index contributed by atoms with van der Waals surface area (Å²) in [5, 5.41) is 26.6. The Kier molecular flexibility index (Phi) is 3.30. The van der Waals surface area contributed by atoms with Gasteiger partial charge in [-0.15, -0.1) is 0 Å². The third-order valence-corrected chi connectivity index (χ3v) is 3.45. The summed E-state index contributed by atoms with van der Waals surface area (Å²) in [5.41, 5.74) is -0.842. The lowest BCUT2D eigenvalue weighted by Gasteiger charge is -2.23. The molecule has 18 heavy (non-hydrogen) atoms. The Hall–Kier alpha value is -1.56. The molecule has 1 aliphatic carbocycles. The molecule has 0 aliphatic heterocycles. The molecule has 6 heteroatoms. The minimum Gasteiger partial charge on any atom is -0.504 e. The molecular formula is C12H19N3O3. The normalized spacial score (nSPS) is 19.7. The summed E-state index contributed by atoms with van der Waals surface area (Å²) in [5.74, 6) is -0.332. The molecule has 1 fully saturated rings. The zero-order chi connectivity index (χ0) is 13.3. The van der Waals surface area contributed by atoms with Crippen LogP contribution in [0.1, 0.15) is 44.3 Å². The number of rotatable bonds is 3. The molecule has 0 aromatic carbocycles. The Labute approximate surface area is 106 Å². The lowest BCUT2D eigenvalue weighted by Crippen LogP contribution is -2.45. The molecule has 0 radical (unpaired) electrons. The first kappa shape index (κ1) is 12.9. The molecule has 0 bridgehead atoms. The van der Waals surface area contributed by atoms with E-state index in [9.17, 15) is 15.0 Å². The number of nitrogens with zero attached hydrogens (tertiary/aromatic N) is 2. The van der Waals surface area contributed by atoms with Crippen molar-refractivity contribution >= 4 is 5.91 Å². The molecule has 1 amide bonds. The van der Waals surface area contributed by atoms with E-state index < -0.39 is 11.6 Å². The number of hydrogen-bond donors (Lipinski definition) is 3. The van der Waals surface area contributed by atoms with E-state index >= 15 is 0 Å².